The highest BCUT2D eigenvalue weighted by Gasteiger charge is 2.40. The molecule has 0 spiro atoms. The molecule has 7 nitrogen and oxygen atoms in total. The molecule has 1 atom stereocenters. The van der Waals surface area contributed by atoms with Gasteiger partial charge in [-0.2, -0.15) is 9.30 Å². The van der Waals surface area contributed by atoms with E-state index in [4.69, 9.17) is 16.3 Å². The molecule has 0 aliphatic carbocycles. The Labute approximate surface area is 197 Å². The molecule has 1 aliphatic heterocycles. The standard InChI is InChI=1S/C20H21ClFN3O4S3/c1-2-29-12-11-24-18-13(22)5-3-7-15(18)30-20(24)23-19(26)14-6-4-10-25(14)32(27,28)17-9-8-16(21)31-17/h3,5,7-9,14H,2,4,6,10-12H2,1H3/t14-/m1/s1. The van der Waals surface area contributed by atoms with Crippen LogP contribution in [0.25, 0.3) is 10.2 Å². The van der Waals surface area contributed by atoms with Crippen molar-refractivity contribution in [3.8, 4) is 0 Å². The van der Waals surface area contributed by atoms with Crippen LogP contribution in [-0.4, -0.2) is 49.0 Å². The van der Waals surface area contributed by atoms with Crippen molar-refractivity contribution < 1.29 is 22.3 Å². The smallest absolute Gasteiger partial charge is 0.266 e. The number of nitrogens with zero attached hydrogens (tertiary/aromatic N) is 3. The monoisotopic (exact) mass is 517 g/mol. The molecule has 1 aromatic carbocycles. The lowest BCUT2D eigenvalue weighted by Crippen LogP contribution is -2.40. The van der Waals surface area contributed by atoms with E-state index < -0.39 is 27.8 Å². The first-order chi connectivity index (χ1) is 15.3. The second-order valence-corrected chi connectivity index (χ2v) is 11.9. The summed E-state index contributed by atoms with van der Waals surface area (Å²) in [6, 6.07) is 6.77. The van der Waals surface area contributed by atoms with Crippen LogP contribution in [0.15, 0.2) is 39.5 Å². The summed E-state index contributed by atoms with van der Waals surface area (Å²) >= 11 is 8.05. The third kappa shape index (κ3) is 4.55. The maximum Gasteiger partial charge on any atom is 0.266 e. The Balaban J connectivity index is 1.71. The summed E-state index contributed by atoms with van der Waals surface area (Å²) in [6.07, 6.45) is 0.925. The molecular weight excluding hydrogens is 497 g/mol. The number of rotatable bonds is 7. The van der Waals surface area contributed by atoms with Crippen molar-refractivity contribution in [1.82, 2.24) is 8.87 Å². The Morgan fingerprint density at radius 2 is 2.12 bits per heavy atom. The molecule has 0 radical (unpaired) electrons. The molecule has 1 fully saturated rings. The van der Waals surface area contributed by atoms with Gasteiger partial charge in [0.25, 0.3) is 15.9 Å². The van der Waals surface area contributed by atoms with Gasteiger partial charge in [0.05, 0.1) is 21.2 Å². The predicted octanol–water partition coefficient (Wildman–Crippen LogP) is 3.87. The third-order valence-electron chi connectivity index (χ3n) is 5.12. The van der Waals surface area contributed by atoms with Crippen LogP contribution < -0.4 is 4.80 Å². The van der Waals surface area contributed by atoms with Crippen molar-refractivity contribution >= 4 is 60.4 Å². The van der Waals surface area contributed by atoms with Crippen LogP contribution in [0.4, 0.5) is 4.39 Å². The average molecular weight is 518 g/mol. The molecule has 0 bridgehead atoms. The third-order valence-corrected chi connectivity index (χ3v) is 9.77. The molecule has 0 unspecified atom stereocenters. The molecule has 172 valence electrons. The summed E-state index contributed by atoms with van der Waals surface area (Å²) in [5.74, 6) is -0.977. The van der Waals surface area contributed by atoms with Gasteiger partial charge in [-0.25, -0.2) is 12.8 Å². The molecule has 3 heterocycles. The lowest BCUT2D eigenvalue weighted by molar-refractivity contribution is -0.121. The van der Waals surface area contributed by atoms with Crippen LogP contribution in [0.2, 0.25) is 4.34 Å². The molecule has 1 amide bonds. The number of fused-ring (bicyclic) bond motifs is 1. The van der Waals surface area contributed by atoms with Crippen LogP contribution in [0.5, 0.6) is 0 Å². The molecule has 12 heteroatoms. The fourth-order valence-corrected chi connectivity index (χ4v) is 8.01. The lowest BCUT2D eigenvalue weighted by atomic mass is 10.2. The van der Waals surface area contributed by atoms with Gasteiger partial charge in [-0.3, -0.25) is 4.79 Å². The Bertz CT molecular complexity index is 1320. The first kappa shape index (κ1) is 23.5. The number of carbonyl (C=O) groups is 1. The summed E-state index contributed by atoms with van der Waals surface area (Å²) < 4.78 is 50.0. The molecule has 2 aromatic heterocycles. The second kappa shape index (κ2) is 9.70. The average Bonchev–Trinajstić information content (AvgIpc) is 3.48. The van der Waals surface area contributed by atoms with Crippen LogP contribution in [0.1, 0.15) is 19.8 Å². The zero-order valence-electron chi connectivity index (χ0n) is 17.2. The molecule has 0 N–H and O–H groups in total. The number of thiophene rings is 1. The van der Waals surface area contributed by atoms with Crippen LogP contribution >= 0.6 is 34.3 Å². The largest absolute Gasteiger partial charge is 0.380 e. The Kier molecular flexibility index (Phi) is 7.13. The quantitative estimate of drug-likeness (QED) is 0.445. The fraction of sp³-hybridized carbons (Fsp3) is 0.400. The summed E-state index contributed by atoms with van der Waals surface area (Å²) in [5, 5.41) is 0. The SMILES string of the molecule is CCOCCn1c(=NC(=O)[C@H]2CCCN2S(=O)(=O)c2ccc(Cl)s2)sc2cccc(F)c21. The number of carbonyl (C=O) groups excluding carboxylic acids is 1. The Hall–Kier alpha value is -1.63. The number of amides is 1. The number of aromatic nitrogens is 1. The summed E-state index contributed by atoms with van der Waals surface area (Å²) in [4.78, 5) is 17.7. The predicted molar refractivity (Wildman–Crippen MR) is 123 cm³/mol. The van der Waals surface area contributed by atoms with E-state index in [0.717, 1.165) is 11.3 Å². The minimum Gasteiger partial charge on any atom is -0.380 e. The van der Waals surface area contributed by atoms with E-state index in [2.05, 4.69) is 4.99 Å². The maximum absolute atomic E-state index is 14.5. The zero-order valence-corrected chi connectivity index (χ0v) is 20.4. The van der Waals surface area contributed by atoms with Crippen LogP contribution in [0, 0.1) is 5.82 Å². The van der Waals surface area contributed by atoms with E-state index in [1.165, 1.54) is 33.8 Å². The maximum atomic E-state index is 14.5. The molecule has 3 aromatic rings. The molecule has 1 aliphatic rings. The van der Waals surface area contributed by atoms with E-state index in [-0.39, 0.29) is 10.8 Å². The van der Waals surface area contributed by atoms with Crippen molar-refractivity contribution in [3.63, 3.8) is 0 Å². The highest BCUT2D eigenvalue weighted by atomic mass is 35.5. The number of hydrogen-bond acceptors (Lipinski definition) is 6. The number of thiazole rings is 1. The molecule has 1 saturated heterocycles. The lowest BCUT2D eigenvalue weighted by Gasteiger charge is -2.20. The van der Waals surface area contributed by atoms with E-state index in [9.17, 15) is 17.6 Å². The van der Waals surface area contributed by atoms with Crippen LogP contribution in [0.3, 0.4) is 0 Å². The highest BCUT2D eigenvalue weighted by molar-refractivity contribution is 7.91. The molecule has 0 saturated carbocycles. The molecule has 4 rings (SSSR count). The minimum atomic E-state index is -3.86. The normalized spacial score (nSPS) is 18.1. The van der Waals surface area contributed by atoms with Gasteiger partial charge in [0.2, 0.25) is 0 Å². The van der Waals surface area contributed by atoms with Gasteiger partial charge < -0.3 is 9.30 Å². The number of sulfonamides is 1. The minimum absolute atomic E-state index is 0.0953. The van der Waals surface area contributed by atoms with Crippen LogP contribution in [-0.2, 0) is 26.1 Å². The second-order valence-electron chi connectivity index (χ2n) is 7.10. The summed E-state index contributed by atoms with van der Waals surface area (Å²) in [7, 11) is -3.86. The first-order valence-corrected chi connectivity index (χ1v) is 13.5. The van der Waals surface area contributed by atoms with Gasteiger partial charge in [0, 0.05) is 19.7 Å². The molecule has 32 heavy (non-hydrogen) atoms. The number of ether oxygens (including phenoxy) is 1. The van der Waals surface area contributed by atoms with Crippen molar-refractivity contribution in [1.29, 1.82) is 0 Å². The number of halogens is 2. The van der Waals surface area contributed by atoms with Gasteiger partial charge in [-0.1, -0.05) is 29.0 Å². The fourth-order valence-electron chi connectivity index (χ4n) is 3.68. The van der Waals surface area contributed by atoms with Gasteiger partial charge in [0.15, 0.2) is 4.80 Å². The van der Waals surface area contributed by atoms with E-state index in [1.54, 1.807) is 16.7 Å². The van der Waals surface area contributed by atoms with Crippen molar-refractivity contribution in [3.05, 3.63) is 45.3 Å². The first-order valence-electron chi connectivity index (χ1n) is 10.0. The Morgan fingerprint density at radius 1 is 1.31 bits per heavy atom. The number of hydrogen-bond donors (Lipinski definition) is 0. The van der Waals surface area contributed by atoms with Crippen molar-refractivity contribution in [2.24, 2.45) is 4.99 Å². The van der Waals surface area contributed by atoms with Gasteiger partial charge >= 0.3 is 0 Å². The van der Waals surface area contributed by atoms with E-state index >= 15 is 0 Å². The summed E-state index contributed by atoms with van der Waals surface area (Å²) in [5.41, 5.74) is 0.355. The van der Waals surface area contributed by atoms with E-state index in [0.29, 0.717) is 52.0 Å². The van der Waals surface area contributed by atoms with Crippen molar-refractivity contribution in [2.75, 3.05) is 19.8 Å². The summed E-state index contributed by atoms with van der Waals surface area (Å²) in [6.45, 7) is 3.26. The zero-order chi connectivity index (χ0) is 22.9. The molecular formula is C20H21ClFN3O4S3. The van der Waals surface area contributed by atoms with E-state index in [1.807, 2.05) is 6.92 Å². The number of benzene rings is 1. The van der Waals surface area contributed by atoms with Gasteiger partial charge in [-0.15, -0.1) is 11.3 Å². The number of para-hydroxylation sites is 1. The van der Waals surface area contributed by atoms with Crippen molar-refractivity contribution in [2.45, 2.75) is 36.6 Å². The topological polar surface area (TPSA) is 81.0 Å². The van der Waals surface area contributed by atoms with Gasteiger partial charge in [-0.05, 0) is 44.0 Å². The Morgan fingerprint density at radius 3 is 2.84 bits per heavy atom. The van der Waals surface area contributed by atoms with Gasteiger partial charge in [0.1, 0.15) is 16.1 Å². The highest BCUT2D eigenvalue weighted by Crippen LogP contribution is 2.32.